The molecule has 6 nitrogen and oxygen atoms in total. The minimum absolute atomic E-state index is 0.153. The van der Waals surface area contributed by atoms with Crippen LogP contribution in [0.25, 0.3) is 0 Å². The quantitative estimate of drug-likeness (QED) is 0.830. The number of carbonyl (C=O) groups excluding carboxylic acids is 1. The Morgan fingerprint density at radius 1 is 1.39 bits per heavy atom. The maximum absolute atomic E-state index is 11.2. The molecule has 1 aromatic carbocycles. The molecule has 0 spiro atoms. The third kappa shape index (κ3) is 1.58. The van der Waals surface area contributed by atoms with Crippen molar-refractivity contribution < 1.29 is 4.79 Å². The van der Waals surface area contributed by atoms with E-state index in [0.29, 0.717) is 17.2 Å². The summed E-state index contributed by atoms with van der Waals surface area (Å²) in [6.45, 7) is 0.153. The number of rotatable bonds is 2. The van der Waals surface area contributed by atoms with Crippen molar-refractivity contribution in [3.63, 3.8) is 0 Å². The Morgan fingerprint density at radius 2 is 2.17 bits per heavy atom. The first-order valence-corrected chi connectivity index (χ1v) is 5.41. The number of para-hydroxylation sites is 1. The number of hydrogen-bond donors (Lipinski definition) is 2. The van der Waals surface area contributed by atoms with Gasteiger partial charge >= 0.3 is 0 Å². The van der Waals surface area contributed by atoms with Gasteiger partial charge in [-0.2, -0.15) is 10.4 Å². The molecular weight excluding hydrogens is 230 g/mol. The molecule has 18 heavy (non-hydrogen) atoms. The van der Waals surface area contributed by atoms with Gasteiger partial charge in [-0.1, -0.05) is 18.2 Å². The number of anilines is 3. The van der Waals surface area contributed by atoms with Crippen LogP contribution >= 0.6 is 0 Å². The molecule has 88 valence electrons. The Hall–Kier alpha value is -2.81. The second-order valence-corrected chi connectivity index (χ2v) is 3.88. The number of fused-ring (bicyclic) bond motifs is 1. The molecule has 1 aliphatic heterocycles. The monoisotopic (exact) mass is 239 g/mol. The first kappa shape index (κ1) is 10.4. The van der Waals surface area contributed by atoms with E-state index in [9.17, 15) is 4.79 Å². The number of nitriles is 1. The zero-order valence-corrected chi connectivity index (χ0v) is 9.34. The summed E-state index contributed by atoms with van der Waals surface area (Å²) in [5, 5.41) is 19.0. The van der Waals surface area contributed by atoms with Crippen LogP contribution in [0.5, 0.6) is 0 Å². The molecule has 0 saturated heterocycles. The van der Waals surface area contributed by atoms with Gasteiger partial charge in [0.05, 0.1) is 0 Å². The van der Waals surface area contributed by atoms with Crippen molar-refractivity contribution in [1.82, 2.24) is 9.78 Å². The van der Waals surface area contributed by atoms with Crippen LogP contribution in [0.1, 0.15) is 5.56 Å². The normalized spacial score (nSPS) is 12.7. The topological polar surface area (TPSA) is 82.7 Å². The van der Waals surface area contributed by atoms with Crippen molar-refractivity contribution >= 4 is 23.2 Å². The standard InChI is InChI=1S/C12H9N5O/c13-6-9-11(14-8-4-2-1-3-5-8)16-17-7-10(18)15-12(9)17/h1-5H,7H2,(H,14,16)(H,15,18). The van der Waals surface area contributed by atoms with E-state index in [4.69, 9.17) is 5.26 Å². The number of amides is 1. The average molecular weight is 239 g/mol. The highest BCUT2D eigenvalue weighted by atomic mass is 16.2. The van der Waals surface area contributed by atoms with Crippen LogP contribution in [0.2, 0.25) is 0 Å². The lowest BCUT2D eigenvalue weighted by Crippen LogP contribution is -2.08. The van der Waals surface area contributed by atoms with Gasteiger partial charge in [0.1, 0.15) is 18.2 Å². The van der Waals surface area contributed by atoms with Gasteiger partial charge in [0.15, 0.2) is 11.6 Å². The zero-order chi connectivity index (χ0) is 12.5. The van der Waals surface area contributed by atoms with Crippen molar-refractivity contribution in [2.24, 2.45) is 0 Å². The Kier molecular flexibility index (Phi) is 2.24. The zero-order valence-electron chi connectivity index (χ0n) is 9.34. The molecule has 1 amide bonds. The first-order valence-electron chi connectivity index (χ1n) is 5.41. The lowest BCUT2D eigenvalue weighted by molar-refractivity contribution is -0.115. The van der Waals surface area contributed by atoms with Crippen LogP contribution in [0.15, 0.2) is 30.3 Å². The lowest BCUT2D eigenvalue weighted by Gasteiger charge is -2.02. The average Bonchev–Trinajstić information content (AvgIpc) is 2.85. The maximum Gasteiger partial charge on any atom is 0.247 e. The number of benzene rings is 1. The molecule has 0 atom stereocenters. The molecule has 0 aliphatic carbocycles. The fourth-order valence-corrected chi connectivity index (χ4v) is 1.86. The molecule has 0 unspecified atom stereocenters. The van der Waals surface area contributed by atoms with E-state index in [2.05, 4.69) is 21.8 Å². The van der Waals surface area contributed by atoms with Crippen molar-refractivity contribution in [1.29, 1.82) is 5.26 Å². The minimum Gasteiger partial charge on any atom is -0.338 e. The lowest BCUT2D eigenvalue weighted by atomic mass is 10.3. The number of aromatic nitrogens is 2. The van der Waals surface area contributed by atoms with Crippen LogP contribution in [-0.4, -0.2) is 15.7 Å². The van der Waals surface area contributed by atoms with E-state index in [-0.39, 0.29) is 12.5 Å². The Balaban J connectivity index is 1.98. The van der Waals surface area contributed by atoms with Gasteiger partial charge in [0.25, 0.3) is 0 Å². The van der Waals surface area contributed by atoms with Gasteiger partial charge in [0.2, 0.25) is 5.91 Å². The van der Waals surface area contributed by atoms with Gasteiger partial charge in [-0.25, -0.2) is 4.68 Å². The highest BCUT2D eigenvalue weighted by molar-refractivity contribution is 5.96. The van der Waals surface area contributed by atoms with Gasteiger partial charge in [-0.05, 0) is 12.1 Å². The summed E-state index contributed by atoms with van der Waals surface area (Å²) in [7, 11) is 0. The largest absolute Gasteiger partial charge is 0.338 e. The molecule has 3 rings (SSSR count). The van der Waals surface area contributed by atoms with Crippen molar-refractivity contribution in [2.45, 2.75) is 6.54 Å². The summed E-state index contributed by atoms with van der Waals surface area (Å²) in [5.41, 5.74) is 1.20. The highest BCUT2D eigenvalue weighted by Gasteiger charge is 2.26. The Bertz CT molecular complexity index is 653. The van der Waals surface area contributed by atoms with Gasteiger partial charge in [0, 0.05) is 5.69 Å². The van der Waals surface area contributed by atoms with Crippen LogP contribution < -0.4 is 10.6 Å². The third-order valence-corrected chi connectivity index (χ3v) is 2.65. The van der Waals surface area contributed by atoms with Gasteiger partial charge < -0.3 is 10.6 Å². The molecule has 1 aliphatic rings. The SMILES string of the molecule is N#Cc1c(Nc2ccccc2)nn2c1NC(=O)C2. The van der Waals surface area contributed by atoms with Crippen LogP contribution in [0, 0.1) is 11.3 Å². The second kappa shape index (κ2) is 3.89. The summed E-state index contributed by atoms with van der Waals surface area (Å²) >= 11 is 0. The molecule has 0 fully saturated rings. The van der Waals surface area contributed by atoms with Gasteiger partial charge in [-0.15, -0.1) is 0 Å². The molecule has 6 heteroatoms. The van der Waals surface area contributed by atoms with E-state index < -0.39 is 0 Å². The van der Waals surface area contributed by atoms with Crippen LogP contribution in [0.3, 0.4) is 0 Å². The van der Waals surface area contributed by atoms with Crippen LogP contribution in [0.4, 0.5) is 17.3 Å². The Labute approximate surface area is 103 Å². The first-order chi connectivity index (χ1) is 8.78. The van der Waals surface area contributed by atoms with E-state index in [1.165, 1.54) is 4.68 Å². The fourth-order valence-electron chi connectivity index (χ4n) is 1.86. The van der Waals surface area contributed by atoms with Gasteiger partial charge in [-0.3, -0.25) is 4.79 Å². The molecule has 2 heterocycles. The Morgan fingerprint density at radius 3 is 2.89 bits per heavy atom. The second-order valence-electron chi connectivity index (χ2n) is 3.88. The summed E-state index contributed by atoms with van der Waals surface area (Å²) in [6.07, 6.45) is 0. The number of nitrogens with one attached hydrogen (secondary N) is 2. The fraction of sp³-hybridized carbons (Fsp3) is 0.0833. The number of hydrogen-bond acceptors (Lipinski definition) is 4. The maximum atomic E-state index is 11.2. The van der Waals surface area contributed by atoms with Crippen LogP contribution in [-0.2, 0) is 11.3 Å². The van der Waals surface area contributed by atoms with Crippen molar-refractivity contribution in [3.8, 4) is 6.07 Å². The molecule has 0 radical (unpaired) electrons. The molecule has 0 saturated carbocycles. The molecule has 2 N–H and O–H groups in total. The predicted molar refractivity (Wildman–Crippen MR) is 65.3 cm³/mol. The smallest absolute Gasteiger partial charge is 0.247 e. The molecular formula is C12H9N5O. The summed E-state index contributed by atoms with van der Waals surface area (Å²) in [6, 6.07) is 11.5. The third-order valence-electron chi connectivity index (χ3n) is 2.65. The number of carbonyl (C=O) groups is 1. The summed E-state index contributed by atoms with van der Waals surface area (Å²) < 4.78 is 1.49. The number of nitrogens with zero attached hydrogens (tertiary/aromatic N) is 3. The molecule has 1 aromatic heterocycles. The summed E-state index contributed by atoms with van der Waals surface area (Å²) in [4.78, 5) is 11.2. The highest BCUT2D eigenvalue weighted by Crippen LogP contribution is 2.28. The summed E-state index contributed by atoms with van der Waals surface area (Å²) in [5.74, 6) is 0.764. The molecule has 0 bridgehead atoms. The van der Waals surface area contributed by atoms with Crippen molar-refractivity contribution in [3.05, 3.63) is 35.9 Å². The minimum atomic E-state index is -0.153. The van der Waals surface area contributed by atoms with E-state index in [1.807, 2.05) is 30.3 Å². The van der Waals surface area contributed by atoms with E-state index in [0.717, 1.165) is 5.69 Å². The predicted octanol–water partition coefficient (Wildman–Crippen LogP) is 1.45. The van der Waals surface area contributed by atoms with E-state index in [1.54, 1.807) is 0 Å². The molecule has 2 aromatic rings. The van der Waals surface area contributed by atoms with E-state index >= 15 is 0 Å². The van der Waals surface area contributed by atoms with Crippen molar-refractivity contribution in [2.75, 3.05) is 10.6 Å².